The van der Waals surface area contributed by atoms with Crippen LogP contribution in [-0.2, 0) is 25.7 Å². The van der Waals surface area contributed by atoms with Crippen molar-refractivity contribution in [2.24, 2.45) is 0 Å². The van der Waals surface area contributed by atoms with Crippen LogP contribution in [0.5, 0.6) is 23.0 Å². The van der Waals surface area contributed by atoms with Crippen molar-refractivity contribution in [1.29, 1.82) is 0 Å². The van der Waals surface area contributed by atoms with Gasteiger partial charge in [0.15, 0.2) is 0 Å². The Balaban J connectivity index is 1.33. The Bertz CT molecular complexity index is 1300. The van der Waals surface area contributed by atoms with Crippen molar-refractivity contribution in [3.05, 3.63) is 109 Å². The molecule has 0 aliphatic heterocycles. The molecule has 9 nitrogen and oxygen atoms in total. The number of carbonyl (C=O) groups excluding carboxylic acids is 3. The minimum atomic E-state index is -0.557. The number of carbonyl (C=O) groups is 3. The zero-order valence-electron chi connectivity index (χ0n) is 23.3. The van der Waals surface area contributed by atoms with E-state index in [1.54, 1.807) is 60.7 Å². The highest BCUT2D eigenvalue weighted by Gasteiger charge is 2.09. The highest BCUT2D eigenvalue weighted by Crippen LogP contribution is 2.21. The maximum absolute atomic E-state index is 12.5. The minimum absolute atomic E-state index is 0.205. The zero-order valence-corrected chi connectivity index (χ0v) is 23.3. The van der Waals surface area contributed by atoms with E-state index in [0.717, 1.165) is 43.4 Å². The summed E-state index contributed by atoms with van der Waals surface area (Å²) in [7, 11) is 0. The van der Waals surface area contributed by atoms with Crippen molar-refractivity contribution in [3.63, 3.8) is 0 Å². The molecule has 0 aliphatic rings. The average Bonchev–Trinajstić information content (AvgIpc) is 3.02. The van der Waals surface area contributed by atoms with Crippen LogP contribution in [0.3, 0.4) is 0 Å². The highest BCUT2D eigenvalue weighted by atomic mass is 16.7. The fraction of sp³-hybridized carbons (Fsp3) is 0.242. The lowest BCUT2D eigenvalue weighted by molar-refractivity contribution is -0.144. The molecule has 3 aromatic rings. The molecule has 0 aliphatic carbocycles. The summed E-state index contributed by atoms with van der Waals surface area (Å²) in [6, 6.07) is 20.7. The number of rotatable bonds is 18. The van der Waals surface area contributed by atoms with Crippen LogP contribution in [0.25, 0.3) is 0 Å². The van der Waals surface area contributed by atoms with Gasteiger partial charge in [0.25, 0.3) is 0 Å². The van der Waals surface area contributed by atoms with Gasteiger partial charge in [-0.1, -0.05) is 25.3 Å². The zero-order chi connectivity index (χ0) is 30.0. The molecule has 42 heavy (non-hydrogen) atoms. The summed E-state index contributed by atoms with van der Waals surface area (Å²) in [5, 5.41) is 0. The van der Waals surface area contributed by atoms with Crippen LogP contribution in [0.1, 0.15) is 41.6 Å². The molecule has 0 atom stereocenters. The SMILES string of the molecule is C=CC(=O)OCCCCCCOc1ccc(C(=O)Oc2ccc(COc3ccc(OCOC(=O)C=C)cc3)cc2)cc1. The molecule has 220 valence electrons. The van der Waals surface area contributed by atoms with Gasteiger partial charge in [-0.25, -0.2) is 14.4 Å². The predicted molar refractivity (Wildman–Crippen MR) is 156 cm³/mol. The number of benzene rings is 3. The lowest BCUT2D eigenvalue weighted by atomic mass is 10.2. The van der Waals surface area contributed by atoms with E-state index in [9.17, 15) is 14.4 Å². The van der Waals surface area contributed by atoms with Gasteiger partial charge in [0, 0.05) is 12.2 Å². The first-order chi connectivity index (χ1) is 20.5. The number of esters is 3. The predicted octanol–water partition coefficient (Wildman–Crippen LogP) is 6.22. The van der Waals surface area contributed by atoms with E-state index in [1.807, 2.05) is 12.1 Å². The Morgan fingerprint density at radius 3 is 1.74 bits per heavy atom. The normalized spacial score (nSPS) is 10.2. The molecule has 0 heterocycles. The molecule has 0 fully saturated rings. The van der Waals surface area contributed by atoms with Gasteiger partial charge in [-0.2, -0.15) is 0 Å². The van der Waals surface area contributed by atoms with Gasteiger partial charge in [0.1, 0.15) is 29.6 Å². The summed E-state index contributed by atoms with van der Waals surface area (Å²) < 4.78 is 32.0. The van der Waals surface area contributed by atoms with E-state index in [0.29, 0.717) is 48.4 Å². The molecule has 9 heteroatoms. The van der Waals surface area contributed by atoms with Crippen LogP contribution in [0.15, 0.2) is 98.1 Å². The fourth-order valence-electron chi connectivity index (χ4n) is 3.50. The largest absolute Gasteiger partial charge is 0.494 e. The van der Waals surface area contributed by atoms with Gasteiger partial charge in [-0.3, -0.25) is 0 Å². The van der Waals surface area contributed by atoms with Crippen molar-refractivity contribution in [2.45, 2.75) is 32.3 Å². The molecule has 0 saturated heterocycles. The summed E-state index contributed by atoms with van der Waals surface area (Å²) in [4.78, 5) is 34.5. The molecule has 0 radical (unpaired) electrons. The van der Waals surface area contributed by atoms with Crippen LogP contribution in [0, 0.1) is 0 Å². The molecule has 3 rings (SSSR count). The van der Waals surface area contributed by atoms with Crippen molar-refractivity contribution < 1.29 is 42.8 Å². The average molecular weight is 575 g/mol. The lowest BCUT2D eigenvalue weighted by Crippen LogP contribution is -2.08. The number of ether oxygens (including phenoxy) is 6. The molecule has 0 amide bonds. The number of hydrogen-bond acceptors (Lipinski definition) is 9. The summed E-state index contributed by atoms with van der Waals surface area (Å²) in [6.45, 7) is 7.74. The van der Waals surface area contributed by atoms with E-state index in [1.165, 1.54) is 0 Å². The van der Waals surface area contributed by atoms with Crippen LogP contribution >= 0.6 is 0 Å². The van der Waals surface area contributed by atoms with Gasteiger partial charge in [-0.15, -0.1) is 0 Å². The van der Waals surface area contributed by atoms with Gasteiger partial charge in [0.2, 0.25) is 6.79 Å². The van der Waals surface area contributed by atoms with Crippen molar-refractivity contribution in [2.75, 3.05) is 20.0 Å². The Labute approximate surface area is 245 Å². The molecule has 0 bridgehead atoms. The fourth-order valence-corrected chi connectivity index (χ4v) is 3.50. The first-order valence-corrected chi connectivity index (χ1v) is 13.4. The second-order valence-corrected chi connectivity index (χ2v) is 8.88. The minimum Gasteiger partial charge on any atom is -0.494 e. The first kappa shape index (κ1) is 31.5. The van der Waals surface area contributed by atoms with E-state index in [4.69, 9.17) is 28.4 Å². The van der Waals surface area contributed by atoms with Gasteiger partial charge in [-0.05, 0) is 91.9 Å². The Morgan fingerprint density at radius 1 is 0.571 bits per heavy atom. The maximum atomic E-state index is 12.5. The molecule has 0 saturated carbocycles. The monoisotopic (exact) mass is 574 g/mol. The Morgan fingerprint density at radius 2 is 1.10 bits per heavy atom. The van der Waals surface area contributed by atoms with Gasteiger partial charge >= 0.3 is 17.9 Å². The quantitative estimate of drug-likeness (QED) is 0.0575. The van der Waals surface area contributed by atoms with Crippen LogP contribution < -0.4 is 18.9 Å². The van der Waals surface area contributed by atoms with Gasteiger partial charge in [0.05, 0.1) is 18.8 Å². The molecule has 0 spiro atoms. The Hall–Kier alpha value is -5.05. The summed E-state index contributed by atoms with van der Waals surface area (Å²) in [5.74, 6) is 0.834. The Kier molecular flexibility index (Phi) is 13.2. The van der Waals surface area contributed by atoms with Crippen molar-refractivity contribution in [3.8, 4) is 23.0 Å². The number of unbranched alkanes of at least 4 members (excludes halogenated alkanes) is 3. The second-order valence-electron chi connectivity index (χ2n) is 8.88. The second kappa shape index (κ2) is 17.6. The lowest BCUT2D eigenvalue weighted by Gasteiger charge is -2.10. The molecule has 0 unspecified atom stereocenters. The van der Waals surface area contributed by atoms with E-state index in [-0.39, 0.29) is 6.79 Å². The third-order valence-electron chi connectivity index (χ3n) is 5.76. The van der Waals surface area contributed by atoms with E-state index >= 15 is 0 Å². The summed E-state index contributed by atoms with van der Waals surface area (Å²) >= 11 is 0. The standard InChI is InChI=1S/C33H34O9/c1-3-31(34)38-22-8-6-5-7-21-37-27-15-11-26(12-16-27)33(36)42-30-13-9-25(10-14-30)23-39-28-17-19-29(20-18-28)40-24-41-32(35)4-2/h3-4,9-20H,1-2,5-8,21-24H2. The maximum Gasteiger partial charge on any atom is 0.343 e. The van der Waals surface area contributed by atoms with Crippen LogP contribution in [0.4, 0.5) is 0 Å². The van der Waals surface area contributed by atoms with Crippen molar-refractivity contribution >= 4 is 17.9 Å². The molecular formula is C33H34O9. The first-order valence-electron chi connectivity index (χ1n) is 13.4. The molecule has 3 aromatic carbocycles. The molecule has 0 N–H and O–H groups in total. The summed E-state index contributed by atoms with van der Waals surface area (Å²) in [5.41, 5.74) is 1.30. The van der Waals surface area contributed by atoms with E-state index < -0.39 is 17.9 Å². The molecular weight excluding hydrogens is 540 g/mol. The van der Waals surface area contributed by atoms with Crippen molar-refractivity contribution in [1.82, 2.24) is 0 Å². The highest BCUT2D eigenvalue weighted by molar-refractivity contribution is 5.91. The molecule has 0 aromatic heterocycles. The van der Waals surface area contributed by atoms with Gasteiger partial charge < -0.3 is 28.4 Å². The van der Waals surface area contributed by atoms with Crippen LogP contribution in [0.2, 0.25) is 0 Å². The number of hydrogen-bond donors (Lipinski definition) is 0. The smallest absolute Gasteiger partial charge is 0.343 e. The van der Waals surface area contributed by atoms with Crippen LogP contribution in [-0.4, -0.2) is 37.9 Å². The topological polar surface area (TPSA) is 107 Å². The summed E-state index contributed by atoms with van der Waals surface area (Å²) in [6.07, 6.45) is 5.80. The van der Waals surface area contributed by atoms with E-state index in [2.05, 4.69) is 13.2 Å². The third-order valence-corrected chi connectivity index (χ3v) is 5.76. The third kappa shape index (κ3) is 11.6.